The van der Waals surface area contributed by atoms with E-state index >= 15 is 0 Å². The van der Waals surface area contributed by atoms with Gasteiger partial charge in [-0.25, -0.2) is 0 Å². The molecular formula is C8H9N3O4. The van der Waals surface area contributed by atoms with Gasteiger partial charge in [-0.3, -0.25) is 4.79 Å². The van der Waals surface area contributed by atoms with Crippen molar-refractivity contribution >= 4 is 11.8 Å². The molecule has 0 bridgehead atoms. The third kappa shape index (κ3) is 1.19. The smallest absolute Gasteiger partial charge is 0.386 e. The Morgan fingerprint density at radius 2 is 2.33 bits per heavy atom. The van der Waals surface area contributed by atoms with E-state index < -0.39 is 16.3 Å². The molecule has 0 aromatic carbocycles. The normalized spacial score (nSPS) is 17.4. The van der Waals surface area contributed by atoms with Crippen LogP contribution < -0.4 is 0 Å². The summed E-state index contributed by atoms with van der Waals surface area (Å²) in [6, 6.07) is 0. The number of carbonyl (C=O) groups is 1. The third-order valence-corrected chi connectivity index (χ3v) is 2.70. The quantitative estimate of drug-likeness (QED) is 0.577. The van der Waals surface area contributed by atoms with Crippen molar-refractivity contribution in [3.63, 3.8) is 0 Å². The summed E-state index contributed by atoms with van der Waals surface area (Å²) < 4.78 is 1.42. The summed E-state index contributed by atoms with van der Waals surface area (Å²) in [5.41, 5.74) is -0.895. The van der Waals surface area contributed by atoms with Crippen LogP contribution in [-0.2, 0) is 17.3 Å². The van der Waals surface area contributed by atoms with Crippen molar-refractivity contribution in [2.24, 2.45) is 7.05 Å². The van der Waals surface area contributed by atoms with Crippen molar-refractivity contribution in [1.82, 2.24) is 9.55 Å². The first-order valence-electron chi connectivity index (χ1n) is 4.38. The Balaban J connectivity index is 2.57. The predicted octanol–water partition coefficient (Wildman–Crippen LogP) is 0.444. The van der Waals surface area contributed by atoms with E-state index in [4.69, 9.17) is 5.11 Å². The van der Waals surface area contributed by atoms with Crippen LogP contribution in [0.5, 0.6) is 0 Å². The number of aromatic nitrogens is 2. The first-order chi connectivity index (χ1) is 6.99. The monoisotopic (exact) mass is 211 g/mol. The van der Waals surface area contributed by atoms with E-state index in [0.717, 1.165) is 0 Å². The molecule has 1 fully saturated rings. The molecule has 7 heteroatoms. The minimum absolute atomic E-state index is 0.194. The first kappa shape index (κ1) is 9.63. The first-order valence-corrected chi connectivity index (χ1v) is 4.38. The SMILES string of the molecule is Cn1cnc([N+](=O)[O-])c1C1(C(=O)O)CC1. The van der Waals surface area contributed by atoms with Crippen molar-refractivity contribution in [2.75, 3.05) is 0 Å². The maximum Gasteiger partial charge on any atom is 0.386 e. The topological polar surface area (TPSA) is 98.3 Å². The number of carboxylic acids is 1. The molecule has 0 amide bonds. The van der Waals surface area contributed by atoms with Crippen molar-refractivity contribution in [3.8, 4) is 0 Å². The van der Waals surface area contributed by atoms with Crippen LogP contribution >= 0.6 is 0 Å². The third-order valence-electron chi connectivity index (χ3n) is 2.70. The number of rotatable bonds is 3. The van der Waals surface area contributed by atoms with Gasteiger partial charge >= 0.3 is 11.8 Å². The lowest BCUT2D eigenvalue weighted by Gasteiger charge is -2.08. The summed E-state index contributed by atoms with van der Waals surface area (Å²) in [6.07, 6.45) is 2.14. The fourth-order valence-corrected chi connectivity index (χ4v) is 1.78. The fourth-order valence-electron chi connectivity index (χ4n) is 1.78. The number of nitrogens with zero attached hydrogens (tertiary/aromatic N) is 3. The lowest BCUT2D eigenvalue weighted by molar-refractivity contribution is -0.390. The van der Waals surface area contributed by atoms with Crippen LogP contribution in [0.4, 0.5) is 5.82 Å². The number of nitro groups is 1. The molecule has 0 atom stereocenters. The van der Waals surface area contributed by atoms with Gasteiger partial charge < -0.3 is 19.8 Å². The largest absolute Gasteiger partial charge is 0.481 e. The molecule has 1 aromatic rings. The lowest BCUT2D eigenvalue weighted by atomic mass is 10.0. The molecule has 0 radical (unpaired) electrons. The van der Waals surface area contributed by atoms with Crippen LogP contribution in [0.2, 0.25) is 0 Å². The van der Waals surface area contributed by atoms with Crippen molar-refractivity contribution in [2.45, 2.75) is 18.3 Å². The average Bonchev–Trinajstić information content (AvgIpc) is 2.85. The summed E-state index contributed by atoms with van der Waals surface area (Å²) in [5, 5.41) is 19.7. The zero-order chi connectivity index (χ0) is 11.2. The number of aliphatic carboxylic acids is 1. The molecule has 15 heavy (non-hydrogen) atoms. The molecule has 1 aliphatic carbocycles. The highest BCUT2D eigenvalue weighted by atomic mass is 16.6. The minimum atomic E-state index is -1.09. The Bertz CT molecular complexity index is 447. The highest BCUT2D eigenvalue weighted by Crippen LogP contribution is 2.50. The molecule has 7 nitrogen and oxygen atoms in total. The summed E-state index contributed by atoms with van der Waals surface area (Å²) in [7, 11) is 1.57. The second-order valence-corrected chi connectivity index (χ2v) is 3.67. The van der Waals surface area contributed by atoms with E-state index in [1.165, 1.54) is 10.9 Å². The van der Waals surface area contributed by atoms with E-state index in [1.54, 1.807) is 7.05 Å². The Morgan fingerprint density at radius 1 is 1.73 bits per heavy atom. The zero-order valence-corrected chi connectivity index (χ0v) is 8.01. The molecule has 1 saturated carbocycles. The van der Waals surface area contributed by atoms with Crippen molar-refractivity contribution in [3.05, 3.63) is 22.1 Å². The summed E-state index contributed by atoms with van der Waals surface area (Å²) in [6.45, 7) is 0. The Morgan fingerprint density at radius 3 is 2.73 bits per heavy atom. The molecule has 1 aliphatic rings. The number of carboxylic acid groups (broad SMARTS) is 1. The Labute approximate surface area is 84.5 Å². The van der Waals surface area contributed by atoms with Crippen LogP contribution in [0.15, 0.2) is 6.33 Å². The molecule has 80 valence electrons. The molecule has 1 heterocycles. The van der Waals surface area contributed by atoms with Crippen LogP contribution in [0, 0.1) is 10.1 Å². The predicted molar refractivity (Wildman–Crippen MR) is 48.4 cm³/mol. The van der Waals surface area contributed by atoms with E-state index in [2.05, 4.69) is 4.98 Å². The maximum atomic E-state index is 11.0. The number of imidazole rings is 1. The molecule has 0 aliphatic heterocycles. The number of hydrogen-bond donors (Lipinski definition) is 1. The maximum absolute atomic E-state index is 11.0. The van der Waals surface area contributed by atoms with Crippen LogP contribution in [0.25, 0.3) is 0 Å². The van der Waals surface area contributed by atoms with Gasteiger partial charge in [0.25, 0.3) is 0 Å². The van der Waals surface area contributed by atoms with Crippen molar-refractivity contribution < 1.29 is 14.8 Å². The molecule has 0 saturated heterocycles. The highest BCUT2D eigenvalue weighted by Gasteiger charge is 2.57. The van der Waals surface area contributed by atoms with Gasteiger partial charge in [0.1, 0.15) is 11.1 Å². The van der Waals surface area contributed by atoms with Gasteiger partial charge in [0.05, 0.1) is 0 Å². The second kappa shape index (κ2) is 2.78. The van der Waals surface area contributed by atoms with Crippen molar-refractivity contribution in [1.29, 1.82) is 0 Å². The van der Waals surface area contributed by atoms with Gasteiger partial charge in [0.15, 0.2) is 0 Å². The van der Waals surface area contributed by atoms with E-state index in [1.807, 2.05) is 0 Å². The molecule has 1 aromatic heterocycles. The van der Waals surface area contributed by atoms with Gasteiger partial charge in [-0.2, -0.15) is 0 Å². The zero-order valence-electron chi connectivity index (χ0n) is 8.01. The number of aryl methyl sites for hydroxylation is 1. The highest BCUT2D eigenvalue weighted by molar-refractivity contribution is 5.85. The van der Waals surface area contributed by atoms with E-state index in [-0.39, 0.29) is 11.5 Å². The molecule has 0 spiro atoms. The fraction of sp³-hybridized carbons (Fsp3) is 0.500. The van der Waals surface area contributed by atoms with Crippen LogP contribution in [0.1, 0.15) is 18.5 Å². The second-order valence-electron chi connectivity index (χ2n) is 3.67. The summed E-state index contributed by atoms with van der Waals surface area (Å²) >= 11 is 0. The lowest BCUT2D eigenvalue weighted by Crippen LogP contribution is -2.23. The summed E-state index contributed by atoms with van der Waals surface area (Å²) in [5.74, 6) is -1.37. The van der Waals surface area contributed by atoms with E-state index in [9.17, 15) is 14.9 Å². The van der Waals surface area contributed by atoms with E-state index in [0.29, 0.717) is 12.8 Å². The van der Waals surface area contributed by atoms with Gasteiger partial charge in [-0.15, -0.1) is 0 Å². The molecule has 0 unspecified atom stereocenters. The standard InChI is InChI=1S/C8H9N3O4/c1-10-4-9-6(11(14)15)5(10)8(2-3-8)7(12)13/h4H,2-3H2,1H3,(H,12,13). The molecular weight excluding hydrogens is 202 g/mol. The van der Waals surface area contributed by atoms with Gasteiger partial charge in [-0.1, -0.05) is 0 Å². The van der Waals surface area contributed by atoms with Crippen LogP contribution in [-0.4, -0.2) is 25.6 Å². The molecule has 2 rings (SSSR count). The Kier molecular flexibility index (Phi) is 1.79. The summed E-state index contributed by atoms with van der Waals surface area (Å²) in [4.78, 5) is 24.7. The minimum Gasteiger partial charge on any atom is -0.481 e. The average molecular weight is 211 g/mol. The Hall–Kier alpha value is -1.92. The number of hydrogen-bond acceptors (Lipinski definition) is 4. The van der Waals surface area contributed by atoms with Gasteiger partial charge in [0, 0.05) is 7.05 Å². The van der Waals surface area contributed by atoms with Gasteiger partial charge in [-0.05, 0) is 22.7 Å². The van der Waals surface area contributed by atoms with Gasteiger partial charge in [0.2, 0.25) is 6.33 Å². The molecule has 1 N–H and O–H groups in total. The van der Waals surface area contributed by atoms with Crippen LogP contribution in [0.3, 0.4) is 0 Å².